The van der Waals surface area contributed by atoms with Crippen molar-refractivity contribution in [1.29, 1.82) is 5.26 Å². The molecular formula is C97H133ClIN7O3Si2. The number of halogens is 2. The Balaban J connectivity index is 0.000000347. The smallest absolute Gasteiger partial charge is 0.261 e. The maximum Gasteiger partial charge on any atom is 0.261 e. The van der Waals surface area contributed by atoms with E-state index in [1.54, 1.807) is 0 Å². The Labute approximate surface area is 690 Å². The predicted octanol–water partition coefficient (Wildman–Crippen LogP) is 23.5. The van der Waals surface area contributed by atoms with Crippen LogP contribution in [0.2, 0.25) is 10.1 Å². The van der Waals surface area contributed by atoms with E-state index in [9.17, 15) is 4.79 Å². The number of aryl methyl sites for hydroxylation is 6. The number of nitrogens with two attached hydrogens (primary N) is 6. The van der Waals surface area contributed by atoms with E-state index in [0.717, 1.165) is 84.9 Å². The molecule has 0 atom stereocenters. The van der Waals surface area contributed by atoms with E-state index in [2.05, 4.69) is 313 Å². The standard InChI is InChI=1S/C27H35NOSi.C16H19ClSi.C11H14N2.C11H17NO.C11H15NO.C10H14IN.C10H15N.CH4/c1-20(2)25-18-22(17-21(3)26(25)28)19-29-30(27(4,5)6,23-13-9-7-10-14-23)24-15-11-8-12-16-24;1-16(2,3)18(17,14-10-6-4-7-11-14)15-12-8-5-9-13-15;1-7(2)10-5-9(6-12)4-8(3)11(10)13;2*1-7(2)10-5-9(6-13)4-8(3)11(10)12;1-6(2)9-5-8(11)4-7(3)10(9)12;1-7(2)9-6-4-5-8(3)10(9)11;/h7-18,20H,19,28H2,1-6H3;4-13H,1-3H3;4-5,7H,13H2,1-3H3;4-5,7,13H,6,12H2,1-3H3;4-7H,12H2,1-3H3;4-6H,12H2,1-3H3;4-7H,11H2,1-3H3;1H4. The van der Waals surface area contributed by atoms with Crippen LogP contribution < -0.4 is 55.1 Å². The van der Waals surface area contributed by atoms with Gasteiger partial charge in [0.1, 0.15) is 6.29 Å². The molecule has 0 bridgehead atoms. The first kappa shape index (κ1) is 96.7. The van der Waals surface area contributed by atoms with Crippen molar-refractivity contribution in [3.05, 3.63) is 293 Å². The van der Waals surface area contributed by atoms with Crippen LogP contribution in [-0.4, -0.2) is 27.1 Å². The summed E-state index contributed by atoms with van der Waals surface area (Å²) in [5.41, 5.74) is 58.2. The molecule has 0 fully saturated rings. The van der Waals surface area contributed by atoms with E-state index in [-0.39, 0.29) is 24.1 Å². The number of anilines is 6. The Bertz CT molecular complexity index is 4520. The average Bonchev–Trinajstić information content (AvgIpc) is 0.749. The molecule has 596 valence electrons. The van der Waals surface area contributed by atoms with Gasteiger partial charge in [0.2, 0.25) is 7.38 Å². The zero-order chi connectivity index (χ0) is 82.9. The monoisotopic (exact) mass is 1660 g/mol. The summed E-state index contributed by atoms with van der Waals surface area (Å²) < 4.78 is 8.35. The number of aliphatic hydroxyl groups is 1. The predicted molar refractivity (Wildman–Crippen MR) is 499 cm³/mol. The Kier molecular flexibility index (Phi) is 38.4. The van der Waals surface area contributed by atoms with Gasteiger partial charge >= 0.3 is 0 Å². The van der Waals surface area contributed by atoms with Gasteiger partial charge in [-0.25, -0.2) is 0 Å². The maximum atomic E-state index is 10.6. The van der Waals surface area contributed by atoms with Crippen LogP contribution >= 0.6 is 33.7 Å². The number of rotatable bonds is 15. The molecule has 111 heavy (non-hydrogen) atoms. The molecule has 0 aromatic heterocycles. The Morgan fingerprint density at radius 3 is 1.09 bits per heavy atom. The van der Waals surface area contributed by atoms with Gasteiger partial charge in [-0.3, -0.25) is 4.79 Å². The summed E-state index contributed by atoms with van der Waals surface area (Å²) in [6, 6.07) is 70.9. The van der Waals surface area contributed by atoms with Gasteiger partial charge in [-0.2, -0.15) is 16.3 Å². The minimum absolute atomic E-state index is 0. The summed E-state index contributed by atoms with van der Waals surface area (Å²) >= 11 is 9.53. The number of nitrogen functional groups attached to an aromatic ring is 6. The van der Waals surface area contributed by atoms with Gasteiger partial charge in [0.05, 0.1) is 24.8 Å². The first-order valence-corrected chi connectivity index (χ1v) is 44.4. The van der Waals surface area contributed by atoms with Crippen molar-refractivity contribution < 1.29 is 14.3 Å². The molecule has 0 amide bonds. The molecule has 10 aromatic rings. The van der Waals surface area contributed by atoms with Crippen LogP contribution in [0.5, 0.6) is 0 Å². The van der Waals surface area contributed by atoms with Crippen molar-refractivity contribution in [2.24, 2.45) is 0 Å². The van der Waals surface area contributed by atoms with E-state index in [4.69, 9.17) is 60.3 Å². The van der Waals surface area contributed by atoms with E-state index >= 15 is 0 Å². The summed E-state index contributed by atoms with van der Waals surface area (Å²) in [4.78, 5) is 10.6. The maximum absolute atomic E-state index is 10.6. The third-order valence-electron chi connectivity index (χ3n) is 20.0. The van der Waals surface area contributed by atoms with Crippen LogP contribution in [0.25, 0.3) is 0 Å². The number of benzene rings is 10. The van der Waals surface area contributed by atoms with E-state index in [1.807, 2.05) is 82.3 Å². The van der Waals surface area contributed by atoms with Crippen molar-refractivity contribution in [2.75, 3.05) is 34.4 Å². The molecule has 0 aliphatic rings. The number of carbonyl (C=O) groups is 1. The third-order valence-corrected chi connectivity index (χ3v) is 32.9. The van der Waals surface area contributed by atoms with Gasteiger partial charge in [0, 0.05) is 43.3 Å². The van der Waals surface area contributed by atoms with Gasteiger partial charge in [-0.1, -0.05) is 296 Å². The van der Waals surface area contributed by atoms with Crippen LogP contribution in [0.3, 0.4) is 0 Å². The quantitative estimate of drug-likeness (QED) is 0.0169. The highest BCUT2D eigenvalue weighted by atomic mass is 127. The summed E-state index contributed by atoms with van der Waals surface area (Å²) in [6.45, 7) is 51.9. The highest BCUT2D eigenvalue weighted by Gasteiger charge is 2.50. The molecule has 0 saturated heterocycles. The summed E-state index contributed by atoms with van der Waals surface area (Å²) in [7, 11) is -4.77. The first-order chi connectivity index (χ1) is 51.4. The second-order valence-electron chi connectivity index (χ2n) is 32.7. The fraction of sp³-hybridized carbons (Fsp3) is 0.361. The lowest BCUT2D eigenvalue weighted by Crippen LogP contribution is -2.66. The van der Waals surface area contributed by atoms with E-state index in [1.165, 1.54) is 57.7 Å². The lowest BCUT2D eigenvalue weighted by atomic mass is 9.96. The molecule has 13 N–H and O–H groups in total. The van der Waals surface area contributed by atoms with Crippen molar-refractivity contribution in [3.63, 3.8) is 0 Å². The van der Waals surface area contributed by atoms with E-state index in [0.29, 0.717) is 53.2 Å². The molecule has 0 aliphatic heterocycles. The minimum atomic E-state index is -2.54. The molecule has 10 aromatic carbocycles. The van der Waals surface area contributed by atoms with Gasteiger partial charge in [-0.05, 0) is 245 Å². The molecule has 10 nitrogen and oxygen atoms in total. The summed E-state index contributed by atoms with van der Waals surface area (Å²) in [5.74, 6) is 2.56. The van der Waals surface area contributed by atoms with E-state index < -0.39 is 15.7 Å². The number of hydrogen-bond donors (Lipinski definition) is 7. The van der Waals surface area contributed by atoms with Crippen molar-refractivity contribution >= 4 is 111 Å². The number of nitrogens with zero attached hydrogens (tertiary/aromatic N) is 1. The number of nitriles is 1. The normalized spacial score (nSPS) is 11.2. The minimum Gasteiger partial charge on any atom is -0.403 e. The summed E-state index contributed by atoms with van der Waals surface area (Å²) in [5, 5.41) is 23.0. The van der Waals surface area contributed by atoms with Crippen molar-refractivity contribution in [3.8, 4) is 6.07 Å². The fourth-order valence-corrected chi connectivity index (χ4v) is 23.0. The molecule has 0 radical (unpaired) electrons. The lowest BCUT2D eigenvalue weighted by molar-refractivity contribution is 0.112. The van der Waals surface area contributed by atoms with Crippen LogP contribution in [0.15, 0.2) is 200 Å². The van der Waals surface area contributed by atoms with Crippen LogP contribution in [0.4, 0.5) is 34.1 Å². The second-order valence-corrected chi connectivity index (χ2v) is 43.9. The molecule has 0 aliphatic carbocycles. The Hall–Kier alpha value is -8.47. The number of aliphatic hydroxyl groups excluding tert-OH is 1. The Morgan fingerprint density at radius 1 is 0.414 bits per heavy atom. The molecule has 14 heteroatoms. The van der Waals surface area contributed by atoms with Crippen LogP contribution in [0, 0.1) is 56.4 Å². The molecule has 10 rings (SSSR count). The van der Waals surface area contributed by atoms with Crippen molar-refractivity contribution in [2.45, 2.75) is 232 Å². The molecule has 0 saturated carbocycles. The third kappa shape index (κ3) is 26.3. The first-order valence-electron chi connectivity index (χ1n) is 38.4. The highest BCUT2D eigenvalue weighted by Crippen LogP contribution is 2.40. The molecule has 0 unspecified atom stereocenters. The van der Waals surface area contributed by atoms with Crippen LogP contribution in [0.1, 0.15) is 261 Å². The van der Waals surface area contributed by atoms with Gasteiger partial charge in [-0.15, -0.1) is 0 Å². The SMILES string of the molecule is C.CC(C)(C)[Si](Cl)(c1ccccc1)c1ccccc1.Cc1cc(C#N)cc(C(C)C)c1N.Cc1cc(C=O)cc(C(C)C)c1N.Cc1cc(CO)cc(C(C)C)c1N.Cc1cc(CO[Si](c2ccccc2)(c2ccccc2)C(C)(C)C)cc(C(C)C)c1N.Cc1cc(I)cc(C(C)C)c1N.Cc1cccc(C(C)C)c1N. The Morgan fingerprint density at radius 2 is 0.739 bits per heavy atom. The van der Waals surface area contributed by atoms with Gasteiger partial charge < -0.3 is 43.9 Å². The van der Waals surface area contributed by atoms with Gasteiger partial charge in [0.25, 0.3) is 8.32 Å². The molecule has 0 heterocycles. The zero-order valence-electron chi connectivity index (χ0n) is 70.4. The number of carbonyl (C=O) groups excluding carboxylic acids is 1. The topological polar surface area (TPSA) is 226 Å². The van der Waals surface area contributed by atoms with Crippen LogP contribution in [-0.2, 0) is 17.6 Å². The number of aldehydes is 1. The van der Waals surface area contributed by atoms with Crippen molar-refractivity contribution in [1.82, 2.24) is 0 Å². The average molecular weight is 1660 g/mol. The van der Waals surface area contributed by atoms with Gasteiger partial charge in [0.15, 0.2) is 0 Å². The zero-order valence-corrected chi connectivity index (χ0v) is 75.4. The number of para-hydroxylation sites is 1. The number of hydrogen-bond acceptors (Lipinski definition) is 10. The molecule has 0 spiro atoms. The summed E-state index contributed by atoms with van der Waals surface area (Å²) in [6.07, 6.45) is 0.859. The highest BCUT2D eigenvalue weighted by molar-refractivity contribution is 14.1. The fourth-order valence-electron chi connectivity index (χ4n) is 13.5. The second kappa shape index (κ2) is 44.1. The lowest BCUT2D eigenvalue weighted by Gasteiger charge is -2.43. The largest absolute Gasteiger partial charge is 0.403 e. The molecular weight excluding hydrogens is 1530 g/mol.